The number of nitrogens with one attached hydrogen (secondary N) is 3. The molecule has 1 atom stereocenters. The number of hydrogen-bond acceptors (Lipinski definition) is 3. The first kappa shape index (κ1) is 22.2. The van der Waals surface area contributed by atoms with Crippen molar-refractivity contribution in [3.05, 3.63) is 95.6 Å². The van der Waals surface area contributed by atoms with Crippen molar-refractivity contribution in [1.29, 1.82) is 0 Å². The second-order valence-electron chi connectivity index (χ2n) is 6.67. The topological polar surface area (TPSA) is 62.4 Å². The highest BCUT2D eigenvalue weighted by molar-refractivity contribution is 7.80. The number of thiocarbonyl (C=S) groups is 1. The summed E-state index contributed by atoms with van der Waals surface area (Å²) in [5, 5.41) is 9.05. The molecule has 0 spiro atoms. The lowest BCUT2D eigenvalue weighted by atomic mass is 10.1. The lowest BCUT2D eigenvalue weighted by Crippen LogP contribution is -2.38. The van der Waals surface area contributed by atoms with Gasteiger partial charge in [-0.25, -0.2) is 8.78 Å². The van der Waals surface area contributed by atoms with Crippen molar-refractivity contribution in [2.45, 2.75) is 13.0 Å². The van der Waals surface area contributed by atoms with Crippen LogP contribution in [-0.4, -0.2) is 17.8 Å². The Hall–Kier alpha value is -3.52. The van der Waals surface area contributed by atoms with E-state index in [0.29, 0.717) is 16.5 Å². The maximum Gasteiger partial charge on any atom is 0.258 e. The SMILES string of the molecule is CC(NC(=S)NCOc1ccc(NC(=O)c2ccccc2F)cc1)c1ccc(F)cc1. The number of anilines is 1. The van der Waals surface area contributed by atoms with Gasteiger partial charge in [0, 0.05) is 5.69 Å². The lowest BCUT2D eigenvalue weighted by Gasteiger charge is -2.17. The quantitative estimate of drug-likeness (QED) is 0.364. The molecule has 31 heavy (non-hydrogen) atoms. The van der Waals surface area contributed by atoms with Gasteiger partial charge in [0.1, 0.15) is 17.4 Å². The molecule has 5 nitrogen and oxygen atoms in total. The van der Waals surface area contributed by atoms with Crippen LogP contribution in [0.5, 0.6) is 5.75 Å². The van der Waals surface area contributed by atoms with E-state index in [1.807, 2.05) is 6.92 Å². The zero-order valence-corrected chi connectivity index (χ0v) is 17.5. The smallest absolute Gasteiger partial charge is 0.258 e. The molecule has 3 aromatic rings. The van der Waals surface area contributed by atoms with Gasteiger partial charge in [0.25, 0.3) is 5.91 Å². The summed E-state index contributed by atoms with van der Waals surface area (Å²) in [4.78, 5) is 12.1. The summed E-state index contributed by atoms with van der Waals surface area (Å²) in [6.07, 6.45) is 0. The first-order chi connectivity index (χ1) is 14.9. The molecule has 1 amide bonds. The van der Waals surface area contributed by atoms with Gasteiger partial charge in [-0.1, -0.05) is 24.3 Å². The van der Waals surface area contributed by atoms with Gasteiger partial charge in [0.05, 0.1) is 11.6 Å². The standard InChI is InChI=1S/C23H21F2N3O2S/c1-15(16-6-8-17(24)9-7-16)27-23(31)26-14-30-19-12-10-18(11-13-19)28-22(29)20-4-2-3-5-21(20)25/h2-13,15H,14H2,1H3,(H,28,29)(H2,26,27,31). The fourth-order valence-electron chi connectivity index (χ4n) is 2.75. The molecule has 1 unspecified atom stereocenters. The predicted octanol–water partition coefficient (Wildman–Crippen LogP) is 4.78. The molecule has 0 aliphatic heterocycles. The van der Waals surface area contributed by atoms with Gasteiger partial charge in [-0.05, 0) is 73.2 Å². The van der Waals surface area contributed by atoms with E-state index in [1.165, 1.54) is 30.3 Å². The summed E-state index contributed by atoms with van der Waals surface area (Å²) in [6, 6.07) is 18.5. The highest BCUT2D eigenvalue weighted by Gasteiger charge is 2.11. The molecule has 0 radical (unpaired) electrons. The van der Waals surface area contributed by atoms with Crippen LogP contribution in [0.3, 0.4) is 0 Å². The number of amides is 1. The molecule has 0 aliphatic carbocycles. The molecule has 0 aliphatic rings. The minimum atomic E-state index is -0.579. The van der Waals surface area contributed by atoms with E-state index < -0.39 is 11.7 Å². The summed E-state index contributed by atoms with van der Waals surface area (Å²) in [5.74, 6) is -0.835. The number of benzene rings is 3. The molecule has 160 valence electrons. The fraction of sp³-hybridized carbons (Fsp3) is 0.130. The number of halogens is 2. The molecular weight excluding hydrogens is 420 g/mol. The van der Waals surface area contributed by atoms with E-state index in [2.05, 4.69) is 16.0 Å². The van der Waals surface area contributed by atoms with Gasteiger partial charge in [-0.15, -0.1) is 0 Å². The molecule has 0 saturated heterocycles. The Labute approximate surface area is 184 Å². The highest BCUT2D eigenvalue weighted by atomic mass is 32.1. The van der Waals surface area contributed by atoms with E-state index in [0.717, 1.165) is 5.56 Å². The van der Waals surface area contributed by atoms with Crippen LogP contribution in [0.15, 0.2) is 72.8 Å². The molecule has 0 fully saturated rings. The van der Waals surface area contributed by atoms with Crippen molar-refractivity contribution in [1.82, 2.24) is 10.6 Å². The molecule has 0 saturated carbocycles. The highest BCUT2D eigenvalue weighted by Crippen LogP contribution is 2.17. The van der Waals surface area contributed by atoms with Gasteiger partial charge in [-0.3, -0.25) is 4.79 Å². The number of carbonyl (C=O) groups excluding carboxylic acids is 1. The lowest BCUT2D eigenvalue weighted by molar-refractivity contribution is 0.102. The summed E-state index contributed by atoms with van der Waals surface area (Å²) < 4.78 is 32.3. The fourth-order valence-corrected chi connectivity index (χ4v) is 2.98. The summed E-state index contributed by atoms with van der Waals surface area (Å²) in [6.45, 7) is 2.04. The molecule has 8 heteroatoms. The average molecular weight is 442 g/mol. The minimum absolute atomic E-state index is 0.0251. The second kappa shape index (κ2) is 10.5. The van der Waals surface area contributed by atoms with Gasteiger partial charge in [0.2, 0.25) is 0 Å². The Bertz CT molecular complexity index is 1040. The normalized spacial score (nSPS) is 11.3. The summed E-state index contributed by atoms with van der Waals surface area (Å²) in [7, 11) is 0. The van der Waals surface area contributed by atoms with Crippen molar-refractivity contribution in [2.75, 3.05) is 12.0 Å². The first-order valence-electron chi connectivity index (χ1n) is 9.51. The Morgan fingerprint density at radius 1 is 1.00 bits per heavy atom. The maximum absolute atomic E-state index is 13.7. The van der Waals surface area contributed by atoms with Gasteiger partial charge in [0.15, 0.2) is 11.8 Å². The van der Waals surface area contributed by atoms with Gasteiger partial charge < -0.3 is 20.7 Å². The molecule has 0 heterocycles. The van der Waals surface area contributed by atoms with E-state index in [1.54, 1.807) is 42.5 Å². The Morgan fingerprint density at radius 3 is 2.35 bits per heavy atom. The predicted molar refractivity (Wildman–Crippen MR) is 120 cm³/mol. The third-order valence-corrected chi connectivity index (χ3v) is 4.68. The molecule has 0 aromatic heterocycles. The van der Waals surface area contributed by atoms with Gasteiger partial charge in [-0.2, -0.15) is 0 Å². The van der Waals surface area contributed by atoms with Crippen LogP contribution in [0, 0.1) is 11.6 Å². The third kappa shape index (κ3) is 6.48. The van der Waals surface area contributed by atoms with Crippen molar-refractivity contribution in [2.24, 2.45) is 0 Å². The molecule has 3 rings (SSSR count). The number of hydrogen-bond donors (Lipinski definition) is 3. The van der Waals surface area contributed by atoms with E-state index in [9.17, 15) is 13.6 Å². The Kier molecular flexibility index (Phi) is 7.50. The van der Waals surface area contributed by atoms with Crippen LogP contribution >= 0.6 is 12.2 Å². The largest absolute Gasteiger partial charge is 0.473 e. The van der Waals surface area contributed by atoms with E-state index in [4.69, 9.17) is 17.0 Å². The summed E-state index contributed by atoms with van der Waals surface area (Å²) >= 11 is 5.24. The zero-order chi connectivity index (χ0) is 22.2. The maximum atomic E-state index is 13.7. The average Bonchev–Trinajstić information content (AvgIpc) is 2.75. The molecule has 3 N–H and O–H groups in total. The molecule has 0 bridgehead atoms. The second-order valence-corrected chi connectivity index (χ2v) is 7.08. The monoisotopic (exact) mass is 441 g/mol. The minimum Gasteiger partial charge on any atom is -0.473 e. The van der Waals surface area contributed by atoms with Crippen LogP contribution in [-0.2, 0) is 0 Å². The van der Waals surface area contributed by atoms with Crippen LogP contribution in [0.2, 0.25) is 0 Å². The van der Waals surface area contributed by atoms with Crippen LogP contribution in [0.4, 0.5) is 14.5 Å². The summed E-state index contributed by atoms with van der Waals surface area (Å²) in [5.41, 5.74) is 1.39. The third-order valence-electron chi connectivity index (χ3n) is 4.42. The molecular formula is C23H21F2N3O2S. The Balaban J connectivity index is 1.44. The van der Waals surface area contributed by atoms with Gasteiger partial charge >= 0.3 is 0 Å². The van der Waals surface area contributed by atoms with Crippen LogP contribution in [0.25, 0.3) is 0 Å². The van der Waals surface area contributed by atoms with Crippen molar-refractivity contribution in [3.63, 3.8) is 0 Å². The van der Waals surface area contributed by atoms with Crippen molar-refractivity contribution < 1.29 is 18.3 Å². The number of carbonyl (C=O) groups is 1. The molecule has 3 aromatic carbocycles. The van der Waals surface area contributed by atoms with Crippen molar-refractivity contribution >= 4 is 28.9 Å². The van der Waals surface area contributed by atoms with Crippen LogP contribution in [0.1, 0.15) is 28.9 Å². The van der Waals surface area contributed by atoms with Crippen molar-refractivity contribution in [3.8, 4) is 5.75 Å². The van der Waals surface area contributed by atoms with E-state index >= 15 is 0 Å². The number of rotatable bonds is 7. The first-order valence-corrected chi connectivity index (χ1v) is 9.92. The Morgan fingerprint density at radius 2 is 1.68 bits per heavy atom. The number of ether oxygens (including phenoxy) is 1. The zero-order valence-electron chi connectivity index (χ0n) is 16.7. The van der Waals surface area contributed by atoms with E-state index in [-0.39, 0.29) is 24.2 Å². The van der Waals surface area contributed by atoms with Crippen LogP contribution < -0.4 is 20.7 Å².